The lowest BCUT2D eigenvalue weighted by atomic mass is 9.96. The molecule has 25 heavy (non-hydrogen) atoms. The molecule has 2 amide bonds. The zero-order chi connectivity index (χ0) is 17.8. The third-order valence-electron chi connectivity index (χ3n) is 4.11. The number of aryl methyl sites for hydroxylation is 1. The number of carbonyl (C=O) groups is 2. The molecule has 7 heteroatoms. The fourth-order valence-corrected chi connectivity index (χ4v) is 3.88. The van der Waals surface area contributed by atoms with Crippen molar-refractivity contribution < 1.29 is 18.7 Å². The normalized spacial score (nSPS) is 14.3. The van der Waals surface area contributed by atoms with Crippen molar-refractivity contribution in [3.8, 4) is 5.75 Å². The summed E-state index contributed by atoms with van der Waals surface area (Å²) >= 11 is 1.58. The van der Waals surface area contributed by atoms with Gasteiger partial charge in [0.25, 0.3) is 11.8 Å². The van der Waals surface area contributed by atoms with Gasteiger partial charge in [-0.25, -0.2) is 4.39 Å². The first-order valence-electron chi connectivity index (χ1n) is 8.17. The van der Waals surface area contributed by atoms with Crippen LogP contribution in [0.5, 0.6) is 5.75 Å². The molecule has 2 aromatic rings. The number of hydrogen-bond donors (Lipinski definition) is 2. The summed E-state index contributed by atoms with van der Waals surface area (Å²) in [5.41, 5.74) is 6.44. The molecule has 0 aliphatic heterocycles. The highest BCUT2D eigenvalue weighted by Crippen LogP contribution is 2.30. The van der Waals surface area contributed by atoms with Crippen molar-refractivity contribution in [2.24, 2.45) is 0 Å². The van der Waals surface area contributed by atoms with E-state index in [0.717, 1.165) is 31.2 Å². The Bertz CT molecular complexity index is 790. The third-order valence-corrected chi connectivity index (χ3v) is 5.20. The van der Waals surface area contributed by atoms with Crippen LogP contribution in [0.3, 0.4) is 0 Å². The van der Waals surface area contributed by atoms with Crippen molar-refractivity contribution >= 4 is 23.2 Å². The van der Waals surface area contributed by atoms with Gasteiger partial charge in [-0.15, -0.1) is 11.3 Å². The van der Waals surface area contributed by atoms with Gasteiger partial charge in [-0.1, -0.05) is 12.1 Å². The Morgan fingerprint density at radius 1 is 1.20 bits per heavy atom. The van der Waals surface area contributed by atoms with Crippen molar-refractivity contribution in [2.45, 2.75) is 38.7 Å². The summed E-state index contributed by atoms with van der Waals surface area (Å²) in [6.07, 6.45) is 3.17. The smallest absolute Gasteiger partial charge is 0.279 e. The van der Waals surface area contributed by atoms with E-state index in [9.17, 15) is 14.0 Å². The maximum absolute atomic E-state index is 13.5. The highest BCUT2D eigenvalue weighted by molar-refractivity contribution is 7.10. The number of thiophene rings is 1. The van der Waals surface area contributed by atoms with Gasteiger partial charge in [0.15, 0.2) is 17.7 Å². The van der Waals surface area contributed by atoms with Gasteiger partial charge in [0, 0.05) is 10.3 Å². The Kier molecular flexibility index (Phi) is 5.33. The van der Waals surface area contributed by atoms with Crippen molar-refractivity contribution in [1.29, 1.82) is 0 Å². The summed E-state index contributed by atoms with van der Waals surface area (Å²) < 4.78 is 18.8. The van der Waals surface area contributed by atoms with Crippen LogP contribution in [0.15, 0.2) is 29.6 Å². The maximum atomic E-state index is 13.5. The van der Waals surface area contributed by atoms with E-state index in [1.807, 2.05) is 5.38 Å². The largest absolute Gasteiger partial charge is 0.478 e. The summed E-state index contributed by atoms with van der Waals surface area (Å²) in [5.74, 6) is -1.45. The van der Waals surface area contributed by atoms with Crippen molar-refractivity contribution in [3.63, 3.8) is 0 Å². The van der Waals surface area contributed by atoms with Gasteiger partial charge in [0.1, 0.15) is 0 Å². The van der Waals surface area contributed by atoms with Crippen LogP contribution in [0.25, 0.3) is 0 Å². The third kappa shape index (κ3) is 3.99. The molecule has 1 aromatic heterocycles. The van der Waals surface area contributed by atoms with E-state index in [1.54, 1.807) is 17.4 Å². The van der Waals surface area contributed by atoms with E-state index in [4.69, 9.17) is 4.74 Å². The number of rotatable bonds is 4. The molecule has 1 heterocycles. The average Bonchev–Trinajstić information content (AvgIpc) is 3.05. The van der Waals surface area contributed by atoms with Crippen LogP contribution in [0.1, 0.15) is 40.6 Å². The molecule has 5 nitrogen and oxygen atoms in total. The van der Waals surface area contributed by atoms with Gasteiger partial charge in [-0.05, 0) is 50.3 Å². The number of hydrazine groups is 1. The predicted molar refractivity (Wildman–Crippen MR) is 93.1 cm³/mol. The zero-order valence-corrected chi connectivity index (χ0v) is 14.6. The van der Waals surface area contributed by atoms with Gasteiger partial charge in [0.05, 0.1) is 5.56 Å². The Balaban J connectivity index is 1.56. The van der Waals surface area contributed by atoms with Gasteiger partial charge in [-0.3, -0.25) is 20.4 Å². The summed E-state index contributed by atoms with van der Waals surface area (Å²) in [4.78, 5) is 25.6. The number of amides is 2. The Hall–Kier alpha value is -2.41. The first-order chi connectivity index (χ1) is 12.1. The van der Waals surface area contributed by atoms with Crippen LogP contribution in [-0.4, -0.2) is 17.9 Å². The van der Waals surface area contributed by atoms with Crippen LogP contribution >= 0.6 is 11.3 Å². The first-order valence-corrected chi connectivity index (χ1v) is 9.05. The minimum atomic E-state index is -0.950. The maximum Gasteiger partial charge on any atom is 0.279 e. The number of hydrogen-bond acceptors (Lipinski definition) is 4. The predicted octanol–water partition coefficient (Wildman–Crippen LogP) is 2.99. The summed E-state index contributed by atoms with van der Waals surface area (Å²) in [6.45, 7) is 1.49. The van der Waals surface area contributed by atoms with Gasteiger partial charge < -0.3 is 4.74 Å². The molecule has 0 bridgehead atoms. The van der Waals surface area contributed by atoms with E-state index in [2.05, 4.69) is 10.9 Å². The lowest BCUT2D eigenvalue weighted by Gasteiger charge is -2.16. The van der Waals surface area contributed by atoms with Crippen LogP contribution < -0.4 is 15.6 Å². The van der Waals surface area contributed by atoms with Gasteiger partial charge in [0.2, 0.25) is 0 Å². The molecule has 0 saturated heterocycles. The highest BCUT2D eigenvalue weighted by Gasteiger charge is 2.22. The van der Waals surface area contributed by atoms with Crippen LogP contribution in [0.4, 0.5) is 4.39 Å². The van der Waals surface area contributed by atoms with Crippen LogP contribution in [0, 0.1) is 5.82 Å². The molecule has 2 N–H and O–H groups in total. The number of ether oxygens (including phenoxy) is 1. The number of benzene rings is 1. The fraction of sp³-hybridized carbons (Fsp3) is 0.333. The lowest BCUT2D eigenvalue weighted by molar-refractivity contribution is -0.128. The molecule has 1 atom stereocenters. The van der Waals surface area contributed by atoms with E-state index < -0.39 is 17.8 Å². The molecule has 132 valence electrons. The summed E-state index contributed by atoms with van der Waals surface area (Å²) in [7, 11) is 0. The topological polar surface area (TPSA) is 67.4 Å². The zero-order valence-electron chi connectivity index (χ0n) is 13.8. The SMILES string of the molecule is CC(Oc1ccccc1F)C(=O)NNC(=O)c1csc2c1CCCC2. The Morgan fingerprint density at radius 3 is 2.76 bits per heavy atom. The standard InChI is InChI=1S/C18H19FN2O3S/c1-11(24-15-8-4-3-7-14(15)19)17(22)20-21-18(23)13-10-25-16-9-5-2-6-12(13)16/h3-4,7-8,10-11H,2,5-6,9H2,1H3,(H,20,22)(H,21,23). The first kappa shape index (κ1) is 17.4. The van der Waals surface area contributed by atoms with Gasteiger partial charge >= 0.3 is 0 Å². The molecule has 0 radical (unpaired) electrons. The summed E-state index contributed by atoms with van der Waals surface area (Å²) in [5, 5.41) is 1.83. The monoisotopic (exact) mass is 362 g/mol. The van der Waals surface area contributed by atoms with Crippen molar-refractivity contribution in [2.75, 3.05) is 0 Å². The van der Waals surface area contributed by atoms with E-state index in [1.165, 1.54) is 30.0 Å². The minimum absolute atomic E-state index is 0.0108. The van der Waals surface area contributed by atoms with Crippen LogP contribution in [-0.2, 0) is 17.6 Å². The number of nitrogens with one attached hydrogen (secondary N) is 2. The molecule has 1 aromatic carbocycles. The lowest BCUT2D eigenvalue weighted by Crippen LogP contribution is -2.47. The Morgan fingerprint density at radius 2 is 1.96 bits per heavy atom. The van der Waals surface area contributed by atoms with Gasteiger partial charge in [-0.2, -0.15) is 0 Å². The molecule has 3 rings (SSSR count). The highest BCUT2D eigenvalue weighted by atomic mass is 32.1. The molecule has 1 aliphatic carbocycles. The van der Waals surface area contributed by atoms with Crippen LogP contribution in [0.2, 0.25) is 0 Å². The van der Waals surface area contributed by atoms with Crippen molar-refractivity contribution in [3.05, 3.63) is 51.5 Å². The number of halogens is 1. The van der Waals surface area contributed by atoms with Crippen molar-refractivity contribution in [1.82, 2.24) is 10.9 Å². The fourth-order valence-electron chi connectivity index (χ4n) is 2.76. The molecule has 0 spiro atoms. The number of carbonyl (C=O) groups excluding carboxylic acids is 2. The van der Waals surface area contributed by atoms with E-state index >= 15 is 0 Å². The Labute approximate surface area is 149 Å². The number of fused-ring (bicyclic) bond motifs is 1. The number of para-hydroxylation sites is 1. The molecule has 1 unspecified atom stereocenters. The second kappa shape index (κ2) is 7.65. The molecular weight excluding hydrogens is 343 g/mol. The van der Waals surface area contributed by atoms with E-state index in [0.29, 0.717) is 5.56 Å². The average molecular weight is 362 g/mol. The second-order valence-electron chi connectivity index (χ2n) is 5.89. The summed E-state index contributed by atoms with van der Waals surface area (Å²) in [6, 6.07) is 5.84. The molecule has 0 fully saturated rings. The minimum Gasteiger partial charge on any atom is -0.478 e. The molecule has 1 aliphatic rings. The molecular formula is C18H19FN2O3S. The second-order valence-corrected chi connectivity index (χ2v) is 6.86. The quantitative estimate of drug-likeness (QED) is 0.822. The molecule has 0 saturated carbocycles. The van der Waals surface area contributed by atoms with E-state index in [-0.39, 0.29) is 11.7 Å².